The standard InChI is InChI=1S/C12H18O/c1-3-7-12(10-13)8-5-11(4-2)6-9-12/h1,10-11H,4-9H2,2H3. The zero-order valence-electron chi connectivity index (χ0n) is 8.38. The third kappa shape index (κ3) is 2.34. The van der Waals surface area contributed by atoms with Crippen LogP contribution in [0.1, 0.15) is 45.4 Å². The number of aldehydes is 1. The lowest BCUT2D eigenvalue weighted by Crippen LogP contribution is -2.28. The fourth-order valence-corrected chi connectivity index (χ4v) is 2.20. The number of carbonyl (C=O) groups excluding carboxylic acids is 1. The minimum atomic E-state index is -0.166. The van der Waals surface area contributed by atoms with Gasteiger partial charge in [-0.05, 0) is 31.6 Å². The van der Waals surface area contributed by atoms with Crippen LogP contribution in [0.3, 0.4) is 0 Å². The van der Waals surface area contributed by atoms with E-state index in [1.54, 1.807) is 0 Å². The van der Waals surface area contributed by atoms with Crippen molar-refractivity contribution in [2.45, 2.75) is 45.4 Å². The van der Waals surface area contributed by atoms with E-state index in [1.165, 1.54) is 19.3 Å². The average Bonchev–Trinajstić information content (AvgIpc) is 2.19. The smallest absolute Gasteiger partial charge is 0.127 e. The van der Waals surface area contributed by atoms with Gasteiger partial charge < -0.3 is 4.79 Å². The number of hydrogen-bond donors (Lipinski definition) is 0. The Morgan fingerprint density at radius 3 is 2.54 bits per heavy atom. The SMILES string of the molecule is C#CCC1(C=O)CCC(CC)CC1. The Balaban J connectivity index is 2.53. The van der Waals surface area contributed by atoms with Gasteiger partial charge in [-0.1, -0.05) is 13.3 Å². The van der Waals surface area contributed by atoms with Crippen LogP contribution in [0.2, 0.25) is 0 Å². The molecule has 1 rings (SSSR count). The predicted molar refractivity (Wildman–Crippen MR) is 54.2 cm³/mol. The Hall–Kier alpha value is -0.770. The van der Waals surface area contributed by atoms with Crippen molar-refractivity contribution in [1.29, 1.82) is 0 Å². The van der Waals surface area contributed by atoms with Gasteiger partial charge >= 0.3 is 0 Å². The molecule has 1 heteroatoms. The van der Waals surface area contributed by atoms with Crippen LogP contribution >= 0.6 is 0 Å². The number of carbonyl (C=O) groups is 1. The number of hydrogen-bond acceptors (Lipinski definition) is 1. The van der Waals surface area contributed by atoms with Crippen LogP contribution in [0.4, 0.5) is 0 Å². The minimum absolute atomic E-state index is 0.166. The van der Waals surface area contributed by atoms with Crippen molar-refractivity contribution < 1.29 is 4.79 Å². The van der Waals surface area contributed by atoms with E-state index in [-0.39, 0.29) is 5.41 Å². The Kier molecular flexibility index (Phi) is 3.54. The zero-order valence-corrected chi connectivity index (χ0v) is 8.38. The lowest BCUT2D eigenvalue weighted by atomic mass is 9.69. The summed E-state index contributed by atoms with van der Waals surface area (Å²) >= 11 is 0. The summed E-state index contributed by atoms with van der Waals surface area (Å²) in [6.45, 7) is 2.22. The summed E-state index contributed by atoms with van der Waals surface area (Å²) in [4.78, 5) is 11.0. The fraction of sp³-hybridized carbons (Fsp3) is 0.750. The monoisotopic (exact) mass is 178 g/mol. The lowest BCUT2D eigenvalue weighted by molar-refractivity contribution is -0.118. The third-order valence-corrected chi connectivity index (χ3v) is 3.38. The summed E-state index contributed by atoms with van der Waals surface area (Å²) in [6.07, 6.45) is 12.6. The second-order valence-corrected chi connectivity index (χ2v) is 4.21. The summed E-state index contributed by atoms with van der Waals surface area (Å²) in [5.74, 6) is 3.46. The number of terminal acetylenes is 1. The summed E-state index contributed by atoms with van der Waals surface area (Å²) in [6, 6.07) is 0. The van der Waals surface area contributed by atoms with E-state index < -0.39 is 0 Å². The highest BCUT2D eigenvalue weighted by molar-refractivity contribution is 5.60. The van der Waals surface area contributed by atoms with E-state index in [9.17, 15) is 4.79 Å². The molecular formula is C12H18O. The summed E-state index contributed by atoms with van der Waals surface area (Å²) < 4.78 is 0. The highest BCUT2D eigenvalue weighted by atomic mass is 16.1. The molecule has 0 aliphatic heterocycles. The molecule has 0 bridgehead atoms. The molecule has 0 saturated heterocycles. The molecule has 0 radical (unpaired) electrons. The molecule has 1 saturated carbocycles. The second-order valence-electron chi connectivity index (χ2n) is 4.21. The van der Waals surface area contributed by atoms with Crippen molar-refractivity contribution in [3.63, 3.8) is 0 Å². The first-order valence-electron chi connectivity index (χ1n) is 5.16. The van der Waals surface area contributed by atoms with Crippen LogP contribution in [0.25, 0.3) is 0 Å². The van der Waals surface area contributed by atoms with Crippen molar-refractivity contribution in [2.75, 3.05) is 0 Å². The van der Waals surface area contributed by atoms with Gasteiger partial charge in [-0.3, -0.25) is 0 Å². The highest BCUT2D eigenvalue weighted by Crippen LogP contribution is 2.40. The molecule has 1 nitrogen and oxygen atoms in total. The molecule has 0 aromatic carbocycles. The minimum Gasteiger partial charge on any atom is -0.303 e. The maximum atomic E-state index is 11.0. The molecule has 1 aliphatic carbocycles. The van der Waals surface area contributed by atoms with Gasteiger partial charge in [0.05, 0.1) is 0 Å². The highest BCUT2D eigenvalue weighted by Gasteiger charge is 2.33. The summed E-state index contributed by atoms with van der Waals surface area (Å²) in [7, 11) is 0. The van der Waals surface area contributed by atoms with Gasteiger partial charge in [-0.2, -0.15) is 0 Å². The van der Waals surface area contributed by atoms with Gasteiger partial charge in [0, 0.05) is 11.8 Å². The molecule has 0 N–H and O–H groups in total. The Morgan fingerprint density at radius 1 is 1.54 bits per heavy atom. The molecule has 72 valence electrons. The molecule has 0 aromatic rings. The molecule has 1 fully saturated rings. The van der Waals surface area contributed by atoms with Crippen LogP contribution in [0.5, 0.6) is 0 Å². The van der Waals surface area contributed by atoms with E-state index in [0.29, 0.717) is 6.42 Å². The molecule has 1 aliphatic rings. The van der Waals surface area contributed by atoms with Gasteiger partial charge in [0.25, 0.3) is 0 Å². The van der Waals surface area contributed by atoms with Crippen molar-refractivity contribution in [2.24, 2.45) is 11.3 Å². The van der Waals surface area contributed by atoms with Crippen molar-refractivity contribution in [3.8, 4) is 12.3 Å². The van der Waals surface area contributed by atoms with Gasteiger partial charge in [-0.25, -0.2) is 0 Å². The van der Waals surface area contributed by atoms with Crippen molar-refractivity contribution >= 4 is 6.29 Å². The van der Waals surface area contributed by atoms with Crippen LogP contribution in [0, 0.1) is 23.7 Å². The van der Waals surface area contributed by atoms with Crippen LogP contribution in [-0.4, -0.2) is 6.29 Å². The van der Waals surface area contributed by atoms with Gasteiger partial charge in [0.15, 0.2) is 0 Å². The largest absolute Gasteiger partial charge is 0.303 e. The fourth-order valence-electron chi connectivity index (χ4n) is 2.20. The first kappa shape index (κ1) is 10.3. The number of rotatable bonds is 3. The first-order chi connectivity index (χ1) is 6.26. The van der Waals surface area contributed by atoms with Gasteiger partial charge in [-0.15, -0.1) is 12.3 Å². The molecule has 0 unspecified atom stereocenters. The molecular weight excluding hydrogens is 160 g/mol. The van der Waals surface area contributed by atoms with E-state index >= 15 is 0 Å². The van der Waals surface area contributed by atoms with Crippen LogP contribution < -0.4 is 0 Å². The van der Waals surface area contributed by atoms with Gasteiger partial charge in [0.2, 0.25) is 0 Å². The normalized spacial score (nSPS) is 33.7. The zero-order chi connectivity index (χ0) is 9.73. The average molecular weight is 178 g/mol. The van der Waals surface area contributed by atoms with E-state index in [0.717, 1.165) is 25.0 Å². The Bertz CT molecular complexity index is 204. The Morgan fingerprint density at radius 2 is 2.15 bits per heavy atom. The topological polar surface area (TPSA) is 17.1 Å². The molecule has 0 atom stereocenters. The predicted octanol–water partition coefficient (Wildman–Crippen LogP) is 2.80. The summed E-state index contributed by atoms with van der Waals surface area (Å²) in [5, 5.41) is 0. The lowest BCUT2D eigenvalue weighted by Gasteiger charge is -2.34. The first-order valence-corrected chi connectivity index (χ1v) is 5.16. The molecule has 0 heterocycles. The van der Waals surface area contributed by atoms with Crippen molar-refractivity contribution in [1.82, 2.24) is 0 Å². The molecule has 0 spiro atoms. The van der Waals surface area contributed by atoms with Gasteiger partial charge in [0.1, 0.15) is 6.29 Å². The van der Waals surface area contributed by atoms with E-state index in [4.69, 9.17) is 6.42 Å². The molecule has 13 heavy (non-hydrogen) atoms. The molecule has 0 amide bonds. The molecule has 0 aromatic heterocycles. The maximum Gasteiger partial charge on any atom is 0.127 e. The van der Waals surface area contributed by atoms with Crippen LogP contribution in [-0.2, 0) is 4.79 Å². The quantitative estimate of drug-likeness (QED) is 0.480. The van der Waals surface area contributed by atoms with Crippen LogP contribution in [0.15, 0.2) is 0 Å². The maximum absolute atomic E-state index is 11.0. The Labute approximate surface area is 80.9 Å². The summed E-state index contributed by atoms with van der Waals surface area (Å²) in [5.41, 5.74) is -0.166. The van der Waals surface area contributed by atoms with Crippen molar-refractivity contribution in [3.05, 3.63) is 0 Å². The second kappa shape index (κ2) is 4.46. The van der Waals surface area contributed by atoms with E-state index in [2.05, 4.69) is 12.8 Å². The third-order valence-electron chi connectivity index (χ3n) is 3.38. The van der Waals surface area contributed by atoms with E-state index in [1.807, 2.05) is 0 Å².